The van der Waals surface area contributed by atoms with Crippen molar-refractivity contribution in [1.29, 1.82) is 0 Å². The molecule has 0 aliphatic carbocycles. The van der Waals surface area contributed by atoms with Gasteiger partial charge in [0.1, 0.15) is 0 Å². The minimum Gasteiger partial charge on any atom is -0.258 e. The van der Waals surface area contributed by atoms with E-state index in [9.17, 15) is 10.1 Å². The highest BCUT2D eigenvalue weighted by molar-refractivity contribution is 7.99. The van der Waals surface area contributed by atoms with Crippen molar-refractivity contribution in [2.24, 2.45) is 5.92 Å². The predicted molar refractivity (Wildman–Crippen MR) is 63.7 cm³/mol. The largest absolute Gasteiger partial charge is 0.270 e. The second-order valence-corrected chi connectivity index (χ2v) is 4.73. The van der Waals surface area contributed by atoms with Crippen LogP contribution in [-0.4, -0.2) is 16.6 Å². The molecule has 0 radical (unpaired) electrons. The SMILES string of the molecule is CC(CCl)CSc1cccc([N+](=O)[O-])c1. The van der Waals surface area contributed by atoms with Crippen LogP contribution in [0.5, 0.6) is 0 Å². The molecule has 0 spiro atoms. The molecule has 1 aromatic carbocycles. The number of thioether (sulfide) groups is 1. The van der Waals surface area contributed by atoms with Gasteiger partial charge in [-0.3, -0.25) is 10.1 Å². The molecule has 0 bridgehead atoms. The van der Waals surface area contributed by atoms with E-state index in [1.165, 1.54) is 6.07 Å². The number of nitro groups is 1. The molecule has 0 saturated heterocycles. The van der Waals surface area contributed by atoms with Crippen molar-refractivity contribution in [2.45, 2.75) is 11.8 Å². The normalized spacial score (nSPS) is 12.4. The molecule has 0 heterocycles. The van der Waals surface area contributed by atoms with Crippen molar-refractivity contribution in [2.75, 3.05) is 11.6 Å². The van der Waals surface area contributed by atoms with Gasteiger partial charge in [0.25, 0.3) is 5.69 Å². The number of alkyl halides is 1. The van der Waals surface area contributed by atoms with E-state index in [1.807, 2.05) is 6.07 Å². The summed E-state index contributed by atoms with van der Waals surface area (Å²) >= 11 is 7.27. The van der Waals surface area contributed by atoms with Gasteiger partial charge in [0, 0.05) is 28.7 Å². The highest BCUT2D eigenvalue weighted by atomic mass is 35.5. The van der Waals surface area contributed by atoms with Crippen LogP contribution in [0.15, 0.2) is 29.2 Å². The lowest BCUT2D eigenvalue weighted by Gasteiger charge is -2.06. The fraction of sp³-hybridized carbons (Fsp3) is 0.400. The first kappa shape index (κ1) is 12.3. The molecular formula is C10H12ClNO2S. The molecule has 1 rings (SSSR count). The van der Waals surface area contributed by atoms with Gasteiger partial charge in [-0.25, -0.2) is 0 Å². The average molecular weight is 246 g/mol. The van der Waals surface area contributed by atoms with Crippen LogP contribution in [0, 0.1) is 16.0 Å². The Bertz CT molecular complexity index is 346. The van der Waals surface area contributed by atoms with Crippen LogP contribution in [0.1, 0.15) is 6.92 Å². The lowest BCUT2D eigenvalue weighted by molar-refractivity contribution is -0.385. The highest BCUT2D eigenvalue weighted by Gasteiger charge is 2.07. The van der Waals surface area contributed by atoms with Gasteiger partial charge in [-0.2, -0.15) is 0 Å². The van der Waals surface area contributed by atoms with Crippen molar-refractivity contribution >= 4 is 29.1 Å². The molecular weight excluding hydrogens is 234 g/mol. The summed E-state index contributed by atoms with van der Waals surface area (Å²) < 4.78 is 0. The molecule has 3 nitrogen and oxygen atoms in total. The summed E-state index contributed by atoms with van der Waals surface area (Å²) in [7, 11) is 0. The van der Waals surface area contributed by atoms with Gasteiger partial charge in [-0.15, -0.1) is 23.4 Å². The first-order valence-corrected chi connectivity index (χ1v) is 6.08. The highest BCUT2D eigenvalue weighted by Crippen LogP contribution is 2.24. The lowest BCUT2D eigenvalue weighted by atomic mass is 10.3. The quantitative estimate of drug-likeness (QED) is 0.345. The summed E-state index contributed by atoms with van der Waals surface area (Å²) in [5.74, 6) is 1.91. The second kappa shape index (κ2) is 5.98. The Morgan fingerprint density at radius 3 is 2.93 bits per heavy atom. The number of non-ortho nitro benzene ring substituents is 1. The molecule has 1 unspecified atom stereocenters. The molecule has 0 saturated carbocycles. The van der Waals surface area contributed by atoms with Crippen LogP contribution in [-0.2, 0) is 0 Å². The Kier molecular flexibility index (Phi) is 4.91. The van der Waals surface area contributed by atoms with Crippen LogP contribution in [0.2, 0.25) is 0 Å². The molecule has 0 amide bonds. The number of hydrogen-bond donors (Lipinski definition) is 0. The van der Waals surface area contributed by atoms with E-state index in [0.717, 1.165) is 10.6 Å². The summed E-state index contributed by atoms with van der Waals surface area (Å²) in [6.07, 6.45) is 0. The van der Waals surface area contributed by atoms with E-state index in [2.05, 4.69) is 6.92 Å². The molecule has 1 atom stereocenters. The zero-order valence-electron chi connectivity index (χ0n) is 8.35. The summed E-state index contributed by atoms with van der Waals surface area (Å²) in [5.41, 5.74) is 0.138. The smallest absolute Gasteiger partial charge is 0.258 e. The van der Waals surface area contributed by atoms with Gasteiger partial charge in [-0.05, 0) is 12.0 Å². The number of hydrogen-bond acceptors (Lipinski definition) is 3. The second-order valence-electron chi connectivity index (χ2n) is 3.32. The van der Waals surface area contributed by atoms with Crippen molar-refractivity contribution in [3.63, 3.8) is 0 Å². The van der Waals surface area contributed by atoms with Crippen LogP contribution < -0.4 is 0 Å². The average Bonchev–Trinajstić information content (AvgIpc) is 2.26. The van der Waals surface area contributed by atoms with Crippen LogP contribution >= 0.6 is 23.4 Å². The Hall–Kier alpha value is -0.740. The number of nitrogens with zero attached hydrogens (tertiary/aromatic N) is 1. The van der Waals surface area contributed by atoms with Gasteiger partial charge >= 0.3 is 0 Å². The van der Waals surface area contributed by atoms with Crippen LogP contribution in [0.25, 0.3) is 0 Å². The Balaban J connectivity index is 2.62. The number of rotatable bonds is 5. The molecule has 0 aliphatic heterocycles. The minimum atomic E-state index is -0.380. The molecule has 0 aliphatic rings. The monoisotopic (exact) mass is 245 g/mol. The van der Waals surface area contributed by atoms with Gasteiger partial charge in [-0.1, -0.05) is 13.0 Å². The van der Waals surface area contributed by atoms with Crippen molar-refractivity contribution in [3.8, 4) is 0 Å². The van der Waals surface area contributed by atoms with Crippen molar-refractivity contribution < 1.29 is 4.92 Å². The maximum absolute atomic E-state index is 10.5. The number of halogens is 1. The predicted octanol–water partition coefficient (Wildman–Crippen LogP) is 3.56. The van der Waals surface area contributed by atoms with E-state index >= 15 is 0 Å². The molecule has 15 heavy (non-hydrogen) atoms. The maximum Gasteiger partial charge on any atom is 0.270 e. The standard InChI is InChI=1S/C10H12ClNO2S/c1-8(6-11)7-15-10-4-2-3-9(5-10)12(13)14/h2-5,8H,6-7H2,1H3. The summed E-state index contributed by atoms with van der Waals surface area (Å²) in [4.78, 5) is 11.1. The van der Waals surface area contributed by atoms with Gasteiger partial charge in [0.2, 0.25) is 0 Å². The zero-order valence-corrected chi connectivity index (χ0v) is 9.92. The maximum atomic E-state index is 10.5. The first-order valence-electron chi connectivity index (χ1n) is 4.56. The fourth-order valence-corrected chi connectivity index (χ4v) is 2.18. The molecule has 82 valence electrons. The summed E-state index contributed by atoms with van der Waals surface area (Å²) in [5, 5.41) is 10.5. The fourth-order valence-electron chi connectivity index (χ4n) is 0.970. The Labute approximate surface area is 98.0 Å². The summed E-state index contributed by atoms with van der Waals surface area (Å²) in [6, 6.07) is 6.66. The van der Waals surface area contributed by atoms with Gasteiger partial charge < -0.3 is 0 Å². The first-order chi connectivity index (χ1) is 7.13. The van der Waals surface area contributed by atoms with Gasteiger partial charge in [0.15, 0.2) is 0 Å². The topological polar surface area (TPSA) is 43.1 Å². The minimum absolute atomic E-state index is 0.138. The van der Waals surface area contributed by atoms with E-state index in [4.69, 9.17) is 11.6 Å². The third-order valence-corrected chi connectivity index (χ3v) is 3.68. The Morgan fingerprint density at radius 2 is 2.33 bits per heavy atom. The van der Waals surface area contributed by atoms with Gasteiger partial charge in [0.05, 0.1) is 4.92 Å². The van der Waals surface area contributed by atoms with Crippen molar-refractivity contribution in [1.82, 2.24) is 0 Å². The van der Waals surface area contributed by atoms with Crippen LogP contribution in [0.4, 0.5) is 5.69 Å². The molecule has 1 aromatic rings. The van der Waals surface area contributed by atoms with Crippen molar-refractivity contribution in [3.05, 3.63) is 34.4 Å². The zero-order chi connectivity index (χ0) is 11.3. The van der Waals surface area contributed by atoms with E-state index < -0.39 is 0 Å². The molecule has 0 N–H and O–H groups in total. The summed E-state index contributed by atoms with van der Waals surface area (Å²) in [6.45, 7) is 2.05. The lowest BCUT2D eigenvalue weighted by Crippen LogP contribution is -1.98. The number of benzene rings is 1. The Morgan fingerprint density at radius 1 is 1.60 bits per heavy atom. The third kappa shape index (κ3) is 4.10. The van der Waals surface area contributed by atoms with Crippen LogP contribution in [0.3, 0.4) is 0 Å². The van der Waals surface area contributed by atoms with E-state index in [1.54, 1.807) is 23.9 Å². The van der Waals surface area contributed by atoms with E-state index in [0.29, 0.717) is 11.8 Å². The number of nitro benzene ring substituents is 1. The molecule has 5 heteroatoms. The molecule has 0 aromatic heterocycles. The molecule has 0 fully saturated rings. The third-order valence-electron chi connectivity index (χ3n) is 1.83. The van der Waals surface area contributed by atoms with E-state index in [-0.39, 0.29) is 10.6 Å².